The van der Waals surface area contributed by atoms with Crippen LogP contribution < -0.4 is 5.73 Å². The highest BCUT2D eigenvalue weighted by molar-refractivity contribution is 7.47. The number of carbonyl (C=O) groups excluding carboxylic acids is 2. The van der Waals surface area contributed by atoms with Crippen molar-refractivity contribution in [2.75, 3.05) is 26.4 Å². The third-order valence-corrected chi connectivity index (χ3v) is 10.4. The Hall–Kier alpha value is -2.03. The Labute approximate surface area is 343 Å². The molecule has 10 heteroatoms. The predicted molar refractivity (Wildman–Crippen MR) is 233 cm³/mol. The zero-order valence-electron chi connectivity index (χ0n) is 35.9. The summed E-state index contributed by atoms with van der Waals surface area (Å²) in [7, 11) is -4.38. The number of allylic oxidation sites excluding steroid dienone is 8. The van der Waals surface area contributed by atoms with E-state index in [1.807, 2.05) is 0 Å². The highest BCUT2D eigenvalue weighted by atomic mass is 31.2. The minimum Gasteiger partial charge on any atom is -0.462 e. The van der Waals surface area contributed by atoms with Crippen LogP contribution in [0.15, 0.2) is 48.6 Å². The lowest BCUT2D eigenvalue weighted by Crippen LogP contribution is -2.29. The molecule has 0 fully saturated rings. The minimum atomic E-state index is -4.38. The summed E-state index contributed by atoms with van der Waals surface area (Å²) in [6, 6.07) is 0. The first kappa shape index (κ1) is 54.0. The van der Waals surface area contributed by atoms with Gasteiger partial charge in [0.2, 0.25) is 0 Å². The molecule has 0 rings (SSSR count). The lowest BCUT2D eigenvalue weighted by Gasteiger charge is -2.19. The Bertz CT molecular complexity index is 1060. The highest BCUT2D eigenvalue weighted by Crippen LogP contribution is 2.43. The fourth-order valence-corrected chi connectivity index (χ4v) is 6.81. The topological polar surface area (TPSA) is 134 Å². The number of unbranched alkanes of at least 4 members (excludes halogenated alkanes) is 21. The van der Waals surface area contributed by atoms with Crippen LogP contribution in [0.3, 0.4) is 0 Å². The van der Waals surface area contributed by atoms with Crippen molar-refractivity contribution in [1.82, 2.24) is 0 Å². The number of esters is 2. The number of ether oxygens (including phenoxy) is 2. The molecule has 0 spiro atoms. The summed E-state index contributed by atoms with van der Waals surface area (Å²) in [6.45, 7) is 3.69. The van der Waals surface area contributed by atoms with Gasteiger partial charge in [0.1, 0.15) is 6.61 Å². The zero-order valence-corrected chi connectivity index (χ0v) is 36.8. The molecule has 0 aliphatic heterocycles. The van der Waals surface area contributed by atoms with E-state index in [4.69, 9.17) is 24.3 Å². The Morgan fingerprint density at radius 2 is 0.929 bits per heavy atom. The Morgan fingerprint density at radius 1 is 0.536 bits per heavy atom. The maximum Gasteiger partial charge on any atom is 0.472 e. The molecule has 0 amide bonds. The van der Waals surface area contributed by atoms with Crippen molar-refractivity contribution in [2.45, 2.75) is 206 Å². The number of phosphoric acid groups is 1. The first-order chi connectivity index (χ1) is 27.3. The molecule has 9 nitrogen and oxygen atoms in total. The first-order valence-electron chi connectivity index (χ1n) is 22.6. The molecule has 0 aromatic rings. The maximum atomic E-state index is 12.6. The van der Waals surface area contributed by atoms with E-state index in [1.165, 1.54) is 77.0 Å². The van der Waals surface area contributed by atoms with Crippen molar-refractivity contribution >= 4 is 19.8 Å². The van der Waals surface area contributed by atoms with Gasteiger partial charge >= 0.3 is 19.8 Å². The first-order valence-corrected chi connectivity index (χ1v) is 24.1. The van der Waals surface area contributed by atoms with Crippen LogP contribution in [0.25, 0.3) is 0 Å². The molecule has 326 valence electrons. The maximum absolute atomic E-state index is 12.6. The molecule has 56 heavy (non-hydrogen) atoms. The van der Waals surface area contributed by atoms with Crippen LogP contribution in [0.5, 0.6) is 0 Å². The van der Waals surface area contributed by atoms with Crippen LogP contribution in [0.1, 0.15) is 200 Å². The third kappa shape index (κ3) is 41.6. The van der Waals surface area contributed by atoms with Crippen molar-refractivity contribution in [3.63, 3.8) is 0 Å². The summed E-state index contributed by atoms with van der Waals surface area (Å²) < 4.78 is 32.8. The van der Waals surface area contributed by atoms with Crippen LogP contribution in [0.4, 0.5) is 0 Å². The lowest BCUT2D eigenvalue weighted by molar-refractivity contribution is -0.161. The fourth-order valence-electron chi connectivity index (χ4n) is 6.05. The fraction of sp³-hybridized carbons (Fsp3) is 0.783. The second-order valence-corrected chi connectivity index (χ2v) is 16.4. The smallest absolute Gasteiger partial charge is 0.462 e. The van der Waals surface area contributed by atoms with Crippen LogP contribution in [-0.2, 0) is 32.7 Å². The predicted octanol–water partition coefficient (Wildman–Crippen LogP) is 13.1. The Kier molecular flexibility index (Phi) is 41.0. The van der Waals surface area contributed by atoms with E-state index in [0.717, 1.165) is 89.9 Å². The standard InChI is InChI=1S/C46H84NO8P/c1-3-5-7-9-11-13-15-17-19-20-21-22-23-24-25-27-29-31-33-35-37-39-46(49)55-44(43-54-56(50,51)53-41-40-47)42-52-45(48)38-36-34-32-30-28-26-18-16-14-12-10-8-6-4-2/h15-18,20-21,23-24,44H,3-14,19,22,25-43,47H2,1-2H3,(H,50,51)/b17-15-,18-16-,21-20-,24-23-. The summed E-state index contributed by atoms with van der Waals surface area (Å²) in [5, 5.41) is 0. The zero-order chi connectivity index (χ0) is 41.1. The van der Waals surface area contributed by atoms with E-state index < -0.39 is 32.5 Å². The molecule has 0 bridgehead atoms. The van der Waals surface area contributed by atoms with Crippen molar-refractivity contribution in [2.24, 2.45) is 5.73 Å². The van der Waals surface area contributed by atoms with E-state index in [9.17, 15) is 19.0 Å². The molecule has 0 heterocycles. The Morgan fingerprint density at radius 3 is 1.39 bits per heavy atom. The molecule has 0 aromatic carbocycles. The van der Waals surface area contributed by atoms with Gasteiger partial charge in [0.15, 0.2) is 6.10 Å². The quantitative estimate of drug-likeness (QED) is 0.0267. The molecular formula is C46H84NO8P. The average molecular weight is 810 g/mol. The largest absolute Gasteiger partial charge is 0.472 e. The molecule has 0 aromatic heterocycles. The van der Waals surface area contributed by atoms with Gasteiger partial charge in [-0.1, -0.05) is 159 Å². The van der Waals surface area contributed by atoms with Gasteiger partial charge in [-0.25, -0.2) is 4.57 Å². The number of carbonyl (C=O) groups is 2. The van der Waals surface area contributed by atoms with Gasteiger partial charge in [0, 0.05) is 19.4 Å². The van der Waals surface area contributed by atoms with Gasteiger partial charge in [-0.2, -0.15) is 0 Å². The molecule has 0 radical (unpaired) electrons. The van der Waals surface area contributed by atoms with Crippen LogP contribution in [0.2, 0.25) is 0 Å². The SMILES string of the molecule is CCCCCCC/C=C\C/C=C\C/C=C\CCCCCCCCC(=O)OC(COC(=O)CCCCCCC/C=C\CCCCCCC)COP(=O)(O)OCCN. The van der Waals surface area contributed by atoms with E-state index in [0.29, 0.717) is 6.42 Å². The van der Waals surface area contributed by atoms with E-state index >= 15 is 0 Å². The number of hydrogen-bond donors (Lipinski definition) is 2. The number of nitrogens with two attached hydrogens (primary N) is 1. The lowest BCUT2D eigenvalue weighted by atomic mass is 10.1. The summed E-state index contributed by atoms with van der Waals surface area (Å²) in [6.07, 6.45) is 48.5. The summed E-state index contributed by atoms with van der Waals surface area (Å²) in [4.78, 5) is 34.9. The molecular weight excluding hydrogens is 725 g/mol. The summed E-state index contributed by atoms with van der Waals surface area (Å²) >= 11 is 0. The van der Waals surface area contributed by atoms with E-state index in [2.05, 4.69) is 62.5 Å². The second-order valence-electron chi connectivity index (χ2n) is 14.9. The van der Waals surface area contributed by atoms with E-state index in [1.54, 1.807) is 0 Å². The second kappa shape index (κ2) is 42.6. The number of phosphoric ester groups is 1. The summed E-state index contributed by atoms with van der Waals surface area (Å²) in [5.41, 5.74) is 5.35. The Balaban J connectivity index is 4.17. The van der Waals surface area contributed by atoms with Crippen molar-refractivity contribution in [3.05, 3.63) is 48.6 Å². The summed E-state index contributed by atoms with van der Waals surface area (Å²) in [5.74, 6) is -0.853. The molecule has 0 aliphatic carbocycles. The number of rotatable bonds is 42. The molecule has 0 saturated carbocycles. The van der Waals surface area contributed by atoms with Gasteiger partial charge in [0.05, 0.1) is 13.2 Å². The van der Waals surface area contributed by atoms with Gasteiger partial charge in [-0.05, 0) is 77.0 Å². The highest BCUT2D eigenvalue weighted by Gasteiger charge is 2.26. The van der Waals surface area contributed by atoms with Crippen LogP contribution >= 0.6 is 7.82 Å². The number of hydrogen-bond acceptors (Lipinski definition) is 8. The normalized spacial score (nSPS) is 13.7. The molecule has 3 N–H and O–H groups in total. The average Bonchev–Trinajstić information content (AvgIpc) is 3.18. The van der Waals surface area contributed by atoms with Gasteiger partial charge < -0.3 is 20.1 Å². The van der Waals surface area contributed by atoms with Crippen molar-refractivity contribution < 1.29 is 37.6 Å². The van der Waals surface area contributed by atoms with Crippen LogP contribution in [-0.4, -0.2) is 49.3 Å². The van der Waals surface area contributed by atoms with Gasteiger partial charge in [-0.3, -0.25) is 18.6 Å². The monoisotopic (exact) mass is 810 g/mol. The third-order valence-electron chi connectivity index (χ3n) is 9.44. The molecule has 2 atom stereocenters. The molecule has 0 aliphatic rings. The molecule has 2 unspecified atom stereocenters. The minimum absolute atomic E-state index is 0.0485. The van der Waals surface area contributed by atoms with Gasteiger partial charge in [-0.15, -0.1) is 0 Å². The van der Waals surface area contributed by atoms with E-state index in [-0.39, 0.29) is 32.6 Å². The molecule has 0 saturated heterocycles. The van der Waals surface area contributed by atoms with Crippen LogP contribution in [0, 0.1) is 0 Å². The van der Waals surface area contributed by atoms with Gasteiger partial charge in [0.25, 0.3) is 0 Å². The van der Waals surface area contributed by atoms with Crippen molar-refractivity contribution in [3.8, 4) is 0 Å². The van der Waals surface area contributed by atoms with Crippen molar-refractivity contribution in [1.29, 1.82) is 0 Å².